The molecule has 0 bridgehead atoms. The van der Waals surface area contributed by atoms with E-state index < -0.39 is 12.8 Å². The quantitative estimate of drug-likeness (QED) is 0.746. The van der Waals surface area contributed by atoms with Gasteiger partial charge in [-0.25, -0.2) is 0 Å². The van der Waals surface area contributed by atoms with E-state index in [-0.39, 0.29) is 25.2 Å². The first-order valence-corrected chi connectivity index (χ1v) is 6.42. The largest absolute Gasteiger partial charge is 0.411 e. The fraction of sp³-hybridized carbons (Fsp3) is 0.533. The van der Waals surface area contributed by atoms with E-state index >= 15 is 0 Å². The monoisotopic (exact) mass is 288 g/mol. The van der Waals surface area contributed by atoms with Crippen LogP contribution in [-0.4, -0.2) is 25.2 Å². The maximum Gasteiger partial charge on any atom is 0.411 e. The first kappa shape index (κ1) is 16.7. The van der Waals surface area contributed by atoms with Gasteiger partial charge in [0.25, 0.3) is 0 Å². The van der Waals surface area contributed by atoms with E-state index in [4.69, 9.17) is 0 Å². The minimum Gasteiger partial charge on any atom is -0.372 e. The van der Waals surface area contributed by atoms with Gasteiger partial charge in [0, 0.05) is 12.8 Å². The first-order valence-electron chi connectivity index (χ1n) is 6.42. The number of rotatable bonds is 6. The molecule has 0 fully saturated rings. The van der Waals surface area contributed by atoms with Gasteiger partial charge in [0.05, 0.1) is 6.61 Å². The lowest BCUT2D eigenvalue weighted by atomic mass is 9.95. The third kappa shape index (κ3) is 5.74. The summed E-state index contributed by atoms with van der Waals surface area (Å²) < 4.78 is 40.0. The second kappa shape index (κ2) is 6.88. The van der Waals surface area contributed by atoms with Crippen LogP contribution in [0.2, 0.25) is 0 Å². The number of hydrogen-bond acceptors (Lipinski definition) is 2. The Kier molecular flexibility index (Phi) is 5.74. The van der Waals surface area contributed by atoms with Crippen molar-refractivity contribution in [2.75, 3.05) is 13.2 Å². The summed E-state index contributed by atoms with van der Waals surface area (Å²) in [5.41, 5.74) is 4.15. The normalized spacial score (nSPS) is 11.7. The number of Topliss-reactive ketones (excluding diaryl/α,β-unsaturated/α-hetero) is 1. The molecule has 0 saturated heterocycles. The fourth-order valence-corrected chi connectivity index (χ4v) is 2.15. The minimum absolute atomic E-state index is 0.00281. The van der Waals surface area contributed by atoms with Crippen molar-refractivity contribution in [1.29, 1.82) is 0 Å². The van der Waals surface area contributed by atoms with Crippen LogP contribution in [0.1, 0.15) is 28.7 Å². The zero-order chi connectivity index (χ0) is 15.3. The predicted octanol–water partition coefficient (Wildman–Crippen LogP) is 3.69. The summed E-state index contributed by atoms with van der Waals surface area (Å²) >= 11 is 0. The maximum atomic E-state index is 11.9. The van der Waals surface area contributed by atoms with E-state index in [1.54, 1.807) is 0 Å². The van der Waals surface area contributed by atoms with Crippen molar-refractivity contribution in [3.05, 3.63) is 34.4 Å². The summed E-state index contributed by atoms with van der Waals surface area (Å²) in [5, 5.41) is 0. The average molecular weight is 288 g/mol. The molecule has 1 aromatic rings. The minimum atomic E-state index is -4.34. The number of ether oxygens (including phenoxy) is 1. The summed E-state index contributed by atoms with van der Waals surface area (Å²) in [4.78, 5) is 11.8. The van der Waals surface area contributed by atoms with Gasteiger partial charge in [0.2, 0.25) is 0 Å². The van der Waals surface area contributed by atoms with E-state index in [2.05, 4.69) is 4.74 Å². The molecule has 1 aromatic carbocycles. The molecule has 5 heteroatoms. The summed E-state index contributed by atoms with van der Waals surface area (Å²) in [5.74, 6) is -0.109. The second-order valence-electron chi connectivity index (χ2n) is 5.01. The van der Waals surface area contributed by atoms with E-state index in [9.17, 15) is 18.0 Å². The van der Waals surface area contributed by atoms with E-state index in [0.29, 0.717) is 0 Å². The molecule has 0 atom stereocenters. The average Bonchev–Trinajstić information content (AvgIpc) is 2.28. The zero-order valence-corrected chi connectivity index (χ0v) is 11.9. The molecule has 0 unspecified atom stereocenters. The molecule has 0 radical (unpaired) electrons. The molecule has 0 aliphatic carbocycles. The van der Waals surface area contributed by atoms with Gasteiger partial charge in [-0.1, -0.05) is 17.7 Å². The van der Waals surface area contributed by atoms with Gasteiger partial charge in [-0.2, -0.15) is 13.2 Å². The van der Waals surface area contributed by atoms with Crippen LogP contribution in [-0.2, 0) is 16.0 Å². The van der Waals surface area contributed by atoms with Crippen LogP contribution in [0.4, 0.5) is 13.2 Å². The Bertz CT molecular complexity index is 455. The predicted molar refractivity (Wildman–Crippen MR) is 70.9 cm³/mol. The van der Waals surface area contributed by atoms with Crippen molar-refractivity contribution in [2.45, 2.75) is 39.8 Å². The van der Waals surface area contributed by atoms with Crippen LogP contribution in [0.25, 0.3) is 0 Å². The number of aryl methyl sites for hydroxylation is 3. The molecule has 0 aliphatic heterocycles. The van der Waals surface area contributed by atoms with E-state index in [1.807, 2.05) is 32.9 Å². The van der Waals surface area contributed by atoms with Crippen LogP contribution < -0.4 is 0 Å². The smallest absolute Gasteiger partial charge is 0.372 e. The molecule has 0 aromatic heterocycles. The SMILES string of the molecule is Cc1cc(C)c(CC(=O)CCOCC(F)(F)F)c(C)c1. The molecule has 0 spiro atoms. The summed E-state index contributed by atoms with van der Waals surface area (Å²) in [6.45, 7) is 4.35. The van der Waals surface area contributed by atoms with Crippen molar-refractivity contribution in [2.24, 2.45) is 0 Å². The van der Waals surface area contributed by atoms with Gasteiger partial charge in [0.15, 0.2) is 0 Å². The number of benzene rings is 1. The van der Waals surface area contributed by atoms with Gasteiger partial charge in [0.1, 0.15) is 12.4 Å². The number of hydrogen-bond donors (Lipinski definition) is 0. The van der Waals surface area contributed by atoms with Gasteiger partial charge in [-0.15, -0.1) is 0 Å². The van der Waals surface area contributed by atoms with Crippen LogP contribution in [0.15, 0.2) is 12.1 Å². The Balaban J connectivity index is 2.47. The second-order valence-corrected chi connectivity index (χ2v) is 5.01. The molecule has 0 heterocycles. The highest BCUT2D eigenvalue weighted by Crippen LogP contribution is 2.18. The van der Waals surface area contributed by atoms with Crippen molar-refractivity contribution >= 4 is 5.78 Å². The van der Waals surface area contributed by atoms with Crippen molar-refractivity contribution in [1.82, 2.24) is 0 Å². The highest BCUT2D eigenvalue weighted by molar-refractivity contribution is 5.81. The summed E-state index contributed by atoms with van der Waals surface area (Å²) in [7, 11) is 0. The van der Waals surface area contributed by atoms with Gasteiger partial charge in [-0.05, 0) is 37.5 Å². The summed E-state index contributed by atoms with van der Waals surface area (Å²) in [6.07, 6.45) is -4.09. The summed E-state index contributed by atoms with van der Waals surface area (Å²) in [6, 6.07) is 3.99. The van der Waals surface area contributed by atoms with Gasteiger partial charge in [-0.3, -0.25) is 4.79 Å². The third-order valence-electron chi connectivity index (χ3n) is 3.01. The molecular weight excluding hydrogens is 269 g/mol. The molecule has 0 saturated carbocycles. The lowest BCUT2D eigenvalue weighted by Gasteiger charge is -2.11. The molecule has 1 rings (SSSR count). The maximum absolute atomic E-state index is 11.9. The van der Waals surface area contributed by atoms with E-state index in [1.165, 1.54) is 0 Å². The Hall–Kier alpha value is -1.36. The van der Waals surface area contributed by atoms with Crippen LogP contribution in [0.3, 0.4) is 0 Å². The Morgan fingerprint density at radius 3 is 2.20 bits per heavy atom. The lowest BCUT2D eigenvalue weighted by Crippen LogP contribution is -2.18. The lowest BCUT2D eigenvalue weighted by molar-refractivity contribution is -0.174. The number of carbonyl (C=O) groups is 1. The molecule has 2 nitrogen and oxygen atoms in total. The number of carbonyl (C=O) groups excluding carboxylic acids is 1. The molecule has 0 aliphatic rings. The molecule has 112 valence electrons. The third-order valence-corrected chi connectivity index (χ3v) is 3.01. The van der Waals surface area contributed by atoms with Crippen molar-refractivity contribution < 1.29 is 22.7 Å². The number of halogens is 3. The fourth-order valence-electron chi connectivity index (χ4n) is 2.15. The van der Waals surface area contributed by atoms with Crippen molar-refractivity contribution in [3.63, 3.8) is 0 Å². The van der Waals surface area contributed by atoms with E-state index in [0.717, 1.165) is 22.3 Å². The van der Waals surface area contributed by atoms with Crippen molar-refractivity contribution in [3.8, 4) is 0 Å². The first-order chi connectivity index (χ1) is 9.19. The zero-order valence-electron chi connectivity index (χ0n) is 11.9. The van der Waals surface area contributed by atoms with Gasteiger partial charge < -0.3 is 4.74 Å². The van der Waals surface area contributed by atoms with Crippen LogP contribution in [0, 0.1) is 20.8 Å². The van der Waals surface area contributed by atoms with Crippen LogP contribution >= 0.6 is 0 Å². The van der Waals surface area contributed by atoms with Crippen LogP contribution in [0.5, 0.6) is 0 Å². The molecular formula is C15H19F3O2. The van der Waals surface area contributed by atoms with Gasteiger partial charge >= 0.3 is 6.18 Å². The number of ketones is 1. The molecule has 20 heavy (non-hydrogen) atoms. The highest BCUT2D eigenvalue weighted by atomic mass is 19.4. The molecule has 0 N–H and O–H groups in total. The highest BCUT2D eigenvalue weighted by Gasteiger charge is 2.27. The standard InChI is InChI=1S/C15H19F3O2/c1-10-6-11(2)14(12(3)7-10)8-13(19)4-5-20-9-15(16,17)18/h6-7H,4-5,8-9H2,1-3H3. The Morgan fingerprint density at radius 2 is 1.70 bits per heavy atom. The Labute approximate surface area is 116 Å². The Morgan fingerprint density at radius 1 is 1.15 bits per heavy atom. The topological polar surface area (TPSA) is 26.3 Å². The number of alkyl halides is 3. The molecule has 0 amide bonds.